The van der Waals surface area contributed by atoms with Crippen LogP contribution in [0.15, 0.2) is 12.2 Å². The molecule has 0 fully saturated rings. The number of aliphatic hydroxyl groups excluding tert-OH is 1. The molecule has 3 atom stereocenters. The molecule has 0 aromatic carbocycles. The summed E-state index contributed by atoms with van der Waals surface area (Å²) in [5.41, 5.74) is 5.41. The van der Waals surface area contributed by atoms with E-state index in [0.29, 0.717) is 6.42 Å². The third kappa shape index (κ3) is 56.8. The number of rotatable bonds is 61. The van der Waals surface area contributed by atoms with Gasteiger partial charge in [0.25, 0.3) is 0 Å². The number of hydrogen-bond acceptors (Lipinski definition) is 6. The second-order valence-electron chi connectivity index (χ2n) is 22.0. The van der Waals surface area contributed by atoms with Crippen molar-refractivity contribution in [3.05, 3.63) is 12.2 Å². The maximum absolute atomic E-state index is 12.9. The Morgan fingerprint density at radius 1 is 0.451 bits per heavy atom. The number of nitrogens with two attached hydrogens (primary N) is 1. The molecule has 8 nitrogen and oxygen atoms in total. The lowest BCUT2D eigenvalue weighted by Gasteiger charge is -2.23. The van der Waals surface area contributed by atoms with Gasteiger partial charge in [-0.15, -0.1) is 0 Å². The van der Waals surface area contributed by atoms with E-state index in [1.54, 1.807) is 6.08 Å². The topological polar surface area (TPSA) is 131 Å². The van der Waals surface area contributed by atoms with E-state index in [2.05, 4.69) is 19.2 Å². The summed E-state index contributed by atoms with van der Waals surface area (Å²) in [6.07, 6.45) is 71.9. The van der Waals surface area contributed by atoms with E-state index in [0.717, 1.165) is 38.5 Å². The Morgan fingerprint density at radius 3 is 1.00 bits per heavy atom. The summed E-state index contributed by atoms with van der Waals surface area (Å²) < 4.78 is 22.3. The predicted octanol–water partition coefficient (Wildman–Crippen LogP) is 19.8. The van der Waals surface area contributed by atoms with Crippen LogP contribution in [-0.2, 0) is 18.4 Å². The van der Waals surface area contributed by atoms with Crippen LogP contribution in [0.25, 0.3) is 0 Å². The third-order valence-corrected chi connectivity index (χ3v) is 15.8. The first kappa shape index (κ1) is 70.2. The van der Waals surface area contributed by atoms with Gasteiger partial charge in [-0.05, 0) is 19.3 Å². The average Bonchev–Trinajstić information content (AvgIpc) is 3.36. The van der Waals surface area contributed by atoms with Crippen molar-refractivity contribution in [2.45, 2.75) is 360 Å². The normalized spacial score (nSPS) is 13.6. The number of nitrogens with one attached hydrogen (secondary N) is 1. The van der Waals surface area contributed by atoms with Crippen LogP contribution in [0.3, 0.4) is 0 Å². The number of amides is 1. The largest absolute Gasteiger partial charge is 0.472 e. The molecule has 71 heavy (non-hydrogen) atoms. The van der Waals surface area contributed by atoms with Gasteiger partial charge in [-0.3, -0.25) is 13.8 Å². The van der Waals surface area contributed by atoms with Gasteiger partial charge in [-0.25, -0.2) is 4.57 Å². The number of unbranched alkanes of at least 4 members (excludes halogenated alkanes) is 49. The molecule has 0 aliphatic rings. The van der Waals surface area contributed by atoms with Crippen LogP contribution < -0.4 is 11.1 Å². The van der Waals surface area contributed by atoms with E-state index in [4.69, 9.17) is 14.8 Å². The third-order valence-electron chi connectivity index (χ3n) is 14.9. The lowest BCUT2D eigenvalue weighted by atomic mass is 10.0. The van der Waals surface area contributed by atoms with Crippen molar-refractivity contribution < 1.29 is 28.4 Å². The molecule has 1 amide bonds. The molecule has 0 saturated carbocycles. The van der Waals surface area contributed by atoms with Gasteiger partial charge in [0.1, 0.15) is 0 Å². The zero-order chi connectivity index (χ0) is 51.7. The van der Waals surface area contributed by atoms with Crippen molar-refractivity contribution in [1.82, 2.24) is 5.32 Å². The van der Waals surface area contributed by atoms with E-state index in [-0.39, 0.29) is 25.7 Å². The minimum absolute atomic E-state index is 0.0819. The molecular formula is C62H125N2O6P. The first-order valence-corrected chi connectivity index (χ1v) is 33.3. The van der Waals surface area contributed by atoms with Gasteiger partial charge in [0, 0.05) is 13.0 Å². The number of allylic oxidation sites excluding steroid dienone is 1. The Morgan fingerprint density at radius 2 is 0.718 bits per heavy atom. The van der Waals surface area contributed by atoms with Crippen LogP contribution >= 0.6 is 7.82 Å². The minimum atomic E-state index is -4.34. The fourth-order valence-corrected chi connectivity index (χ4v) is 10.8. The molecule has 0 heterocycles. The summed E-state index contributed by atoms with van der Waals surface area (Å²) in [5, 5.41) is 13.8. The van der Waals surface area contributed by atoms with Gasteiger partial charge in [0.2, 0.25) is 5.91 Å². The van der Waals surface area contributed by atoms with Crippen LogP contribution in [0.1, 0.15) is 348 Å². The molecule has 0 bridgehead atoms. The summed E-state index contributed by atoms with van der Waals surface area (Å²) >= 11 is 0. The highest BCUT2D eigenvalue weighted by atomic mass is 31.2. The Bertz CT molecular complexity index is 1130. The molecule has 9 heteroatoms. The summed E-state index contributed by atoms with van der Waals surface area (Å²) in [5.74, 6) is -0.185. The van der Waals surface area contributed by atoms with Gasteiger partial charge < -0.3 is 21.1 Å². The Labute approximate surface area is 443 Å². The number of carbonyl (C=O) groups excluding carboxylic acids is 1. The molecular weight excluding hydrogens is 900 g/mol. The van der Waals surface area contributed by atoms with Crippen LogP contribution in [0.5, 0.6) is 0 Å². The maximum Gasteiger partial charge on any atom is 0.472 e. The Kier molecular flexibility index (Phi) is 57.9. The number of aliphatic hydroxyl groups is 1. The zero-order valence-corrected chi connectivity index (χ0v) is 48.6. The predicted molar refractivity (Wildman–Crippen MR) is 309 cm³/mol. The van der Waals surface area contributed by atoms with Crippen LogP contribution in [0.4, 0.5) is 0 Å². The first-order chi connectivity index (χ1) is 34.9. The molecule has 0 rings (SSSR count). The molecule has 0 saturated heterocycles. The maximum atomic E-state index is 12.9. The molecule has 0 spiro atoms. The highest BCUT2D eigenvalue weighted by Gasteiger charge is 2.27. The number of phosphoric acid groups is 1. The van der Waals surface area contributed by atoms with Crippen molar-refractivity contribution >= 4 is 13.7 Å². The Hall–Kier alpha value is -0.760. The Balaban J connectivity index is 3.79. The van der Waals surface area contributed by atoms with E-state index in [1.165, 1.54) is 289 Å². The number of hydrogen-bond donors (Lipinski definition) is 4. The quantitative estimate of drug-likeness (QED) is 0.0271. The summed E-state index contributed by atoms with van der Waals surface area (Å²) in [4.78, 5) is 22.9. The molecule has 0 aromatic heterocycles. The van der Waals surface area contributed by atoms with Gasteiger partial charge in [0.15, 0.2) is 0 Å². The smallest absolute Gasteiger partial charge is 0.387 e. The molecule has 1 unspecified atom stereocenters. The summed E-state index contributed by atoms with van der Waals surface area (Å²) in [7, 11) is -4.34. The average molecular weight is 1030 g/mol. The first-order valence-electron chi connectivity index (χ1n) is 31.8. The number of phosphoric ester groups is 1. The van der Waals surface area contributed by atoms with Crippen molar-refractivity contribution in [3.63, 3.8) is 0 Å². The monoisotopic (exact) mass is 1020 g/mol. The highest BCUT2D eigenvalue weighted by molar-refractivity contribution is 7.47. The fraction of sp³-hybridized carbons (Fsp3) is 0.952. The zero-order valence-electron chi connectivity index (χ0n) is 47.8. The van der Waals surface area contributed by atoms with Crippen LogP contribution in [0.2, 0.25) is 0 Å². The van der Waals surface area contributed by atoms with E-state index in [1.807, 2.05) is 6.08 Å². The molecule has 0 radical (unpaired) electrons. The van der Waals surface area contributed by atoms with Crippen LogP contribution in [-0.4, -0.2) is 47.8 Å². The molecule has 424 valence electrons. The van der Waals surface area contributed by atoms with E-state index >= 15 is 0 Å². The van der Waals surface area contributed by atoms with Gasteiger partial charge in [-0.2, -0.15) is 0 Å². The molecule has 0 aliphatic heterocycles. The second-order valence-corrected chi connectivity index (χ2v) is 23.4. The van der Waals surface area contributed by atoms with E-state index in [9.17, 15) is 19.4 Å². The van der Waals surface area contributed by atoms with Gasteiger partial charge in [-0.1, -0.05) is 334 Å². The van der Waals surface area contributed by atoms with Gasteiger partial charge in [0.05, 0.1) is 25.4 Å². The molecule has 5 N–H and O–H groups in total. The lowest BCUT2D eigenvalue weighted by molar-refractivity contribution is -0.123. The van der Waals surface area contributed by atoms with E-state index < -0.39 is 20.0 Å². The van der Waals surface area contributed by atoms with Crippen molar-refractivity contribution in [1.29, 1.82) is 0 Å². The highest BCUT2D eigenvalue weighted by Crippen LogP contribution is 2.43. The summed E-state index contributed by atoms with van der Waals surface area (Å²) in [6.45, 7) is 4.20. The van der Waals surface area contributed by atoms with Gasteiger partial charge >= 0.3 is 7.82 Å². The minimum Gasteiger partial charge on any atom is -0.387 e. The fourth-order valence-electron chi connectivity index (χ4n) is 10.1. The van der Waals surface area contributed by atoms with Crippen molar-refractivity contribution in [2.75, 3.05) is 19.8 Å². The molecule has 0 aromatic rings. The SMILES string of the molecule is CCCCCCCCCCCCCCCCC/C=C/[C@@H](O)[C@H](COP(=O)(O)OCCN)NC(=O)CCCCCCCCCCCCCCCCCCCCCCCCCCCCCCCCCCCCC. The van der Waals surface area contributed by atoms with Crippen LogP contribution in [0, 0.1) is 0 Å². The second kappa shape index (κ2) is 58.5. The molecule has 0 aliphatic carbocycles. The van der Waals surface area contributed by atoms with Crippen molar-refractivity contribution in [2.24, 2.45) is 5.73 Å². The lowest BCUT2D eigenvalue weighted by Crippen LogP contribution is -2.45. The summed E-state index contributed by atoms with van der Waals surface area (Å²) in [6, 6.07) is -0.857. The standard InChI is InChI=1S/C62H125N2O6P/c1-3-5-7-9-11-13-15-17-19-21-22-23-24-25-26-27-28-29-30-31-32-33-34-35-36-37-38-40-42-44-46-48-50-52-54-56-62(66)64-60(59-70-71(67,68)69-58-57-63)61(65)55-53-51-49-47-45-43-41-39-20-18-16-14-12-10-8-6-4-2/h53,55,60-61,65H,3-52,54,56-59,63H2,1-2H3,(H,64,66)(H,67,68)/b55-53+/t60-,61+/m0/s1. The number of carbonyl (C=O) groups is 1. The van der Waals surface area contributed by atoms with Crippen molar-refractivity contribution in [3.8, 4) is 0 Å².